The summed E-state index contributed by atoms with van der Waals surface area (Å²) in [6.45, 7) is 0.341. The Labute approximate surface area is 121 Å². The second-order valence-electron chi connectivity index (χ2n) is 3.78. The molecule has 0 fully saturated rings. The van der Waals surface area contributed by atoms with Crippen molar-refractivity contribution < 1.29 is 8.42 Å². The van der Waals surface area contributed by atoms with Gasteiger partial charge in [0.15, 0.2) is 0 Å². The predicted molar refractivity (Wildman–Crippen MR) is 81.2 cm³/mol. The molecule has 0 bridgehead atoms. The van der Waals surface area contributed by atoms with Gasteiger partial charge in [0, 0.05) is 11.4 Å². The number of nitrogens with one attached hydrogen (secondary N) is 1. The first-order valence-electron chi connectivity index (χ1n) is 5.50. The molecule has 0 aliphatic rings. The number of sulfonamides is 1. The number of benzene rings is 1. The summed E-state index contributed by atoms with van der Waals surface area (Å²) in [5, 5.41) is 1.76. The highest BCUT2D eigenvalue weighted by Crippen LogP contribution is 2.28. The smallest absolute Gasteiger partial charge is 0.271 e. The zero-order chi connectivity index (χ0) is 13.9. The summed E-state index contributed by atoms with van der Waals surface area (Å²) in [5.74, 6) is 0. The highest BCUT2D eigenvalue weighted by molar-refractivity contribution is 7.99. The molecule has 0 saturated heterocycles. The van der Waals surface area contributed by atoms with Crippen molar-refractivity contribution in [3.8, 4) is 0 Å². The van der Waals surface area contributed by atoms with Gasteiger partial charge in [0.1, 0.15) is 4.21 Å². The van der Waals surface area contributed by atoms with E-state index in [1.165, 1.54) is 23.1 Å². The molecule has 0 spiro atoms. The van der Waals surface area contributed by atoms with Crippen LogP contribution in [-0.2, 0) is 16.6 Å². The number of hydrogen-bond acceptors (Lipinski definition) is 5. The Morgan fingerprint density at radius 1 is 1.37 bits per heavy atom. The van der Waals surface area contributed by atoms with Crippen LogP contribution in [0.4, 0.5) is 5.69 Å². The van der Waals surface area contributed by atoms with Gasteiger partial charge in [-0.15, -0.1) is 23.1 Å². The van der Waals surface area contributed by atoms with E-state index in [1.807, 2.05) is 18.4 Å². The van der Waals surface area contributed by atoms with Crippen LogP contribution in [0.5, 0.6) is 0 Å². The lowest BCUT2D eigenvalue weighted by Gasteiger charge is -2.09. The molecular weight excluding hydrogens is 300 g/mol. The number of thiophene rings is 1. The molecule has 7 heteroatoms. The van der Waals surface area contributed by atoms with Gasteiger partial charge < -0.3 is 5.73 Å². The summed E-state index contributed by atoms with van der Waals surface area (Å²) in [4.78, 5) is 0.890. The van der Waals surface area contributed by atoms with Crippen molar-refractivity contribution in [2.75, 3.05) is 11.0 Å². The maximum absolute atomic E-state index is 12.2. The number of rotatable bonds is 5. The van der Waals surface area contributed by atoms with E-state index in [4.69, 9.17) is 5.73 Å². The lowest BCUT2D eigenvalue weighted by molar-refractivity contribution is 0.603. The lowest BCUT2D eigenvalue weighted by atomic mass is 10.3. The molecule has 1 aromatic heterocycles. The first-order chi connectivity index (χ1) is 9.06. The first kappa shape index (κ1) is 14.4. The van der Waals surface area contributed by atoms with Crippen LogP contribution in [0.2, 0.25) is 0 Å². The fourth-order valence-electron chi connectivity index (χ4n) is 1.53. The minimum atomic E-state index is -3.54. The summed E-state index contributed by atoms with van der Waals surface area (Å²) in [6, 6.07) is 8.91. The largest absolute Gasteiger partial charge is 0.326 e. The van der Waals surface area contributed by atoms with E-state index < -0.39 is 10.0 Å². The van der Waals surface area contributed by atoms with Gasteiger partial charge in [-0.25, -0.2) is 8.42 Å². The van der Waals surface area contributed by atoms with Crippen LogP contribution >= 0.6 is 23.1 Å². The topological polar surface area (TPSA) is 72.2 Å². The molecule has 0 unspecified atom stereocenters. The summed E-state index contributed by atoms with van der Waals surface area (Å²) in [6.07, 6.45) is 1.91. The van der Waals surface area contributed by atoms with Crippen molar-refractivity contribution in [3.05, 3.63) is 41.3 Å². The van der Waals surface area contributed by atoms with Gasteiger partial charge >= 0.3 is 0 Å². The van der Waals surface area contributed by atoms with Crippen molar-refractivity contribution in [1.29, 1.82) is 0 Å². The molecular formula is C12H14N2O2S3. The molecule has 0 amide bonds. The molecule has 2 aromatic rings. The fraction of sp³-hybridized carbons (Fsp3) is 0.167. The van der Waals surface area contributed by atoms with Crippen LogP contribution in [0.3, 0.4) is 0 Å². The Morgan fingerprint density at radius 3 is 2.74 bits per heavy atom. The van der Waals surface area contributed by atoms with E-state index in [2.05, 4.69) is 4.72 Å². The summed E-state index contributed by atoms with van der Waals surface area (Å²) < 4.78 is 27.4. The second kappa shape index (κ2) is 5.96. The minimum Gasteiger partial charge on any atom is -0.326 e. The van der Waals surface area contributed by atoms with Gasteiger partial charge in [0.05, 0.1) is 5.69 Å². The lowest BCUT2D eigenvalue weighted by Crippen LogP contribution is -2.12. The predicted octanol–water partition coefficient (Wildman–Crippen LogP) is 2.73. The van der Waals surface area contributed by atoms with Crippen molar-refractivity contribution >= 4 is 38.8 Å². The van der Waals surface area contributed by atoms with Gasteiger partial charge in [-0.1, -0.05) is 12.1 Å². The van der Waals surface area contributed by atoms with Gasteiger partial charge in [-0.2, -0.15) is 0 Å². The van der Waals surface area contributed by atoms with E-state index in [0.29, 0.717) is 12.2 Å². The van der Waals surface area contributed by atoms with Crippen molar-refractivity contribution in [1.82, 2.24) is 0 Å². The third kappa shape index (κ3) is 3.30. The van der Waals surface area contributed by atoms with E-state index >= 15 is 0 Å². The van der Waals surface area contributed by atoms with Gasteiger partial charge in [0.25, 0.3) is 10.0 Å². The fourth-order valence-corrected chi connectivity index (χ4v) is 4.45. The third-order valence-electron chi connectivity index (χ3n) is 2.48. The second-order valence-corrected chi connectivity index (χ2v) is 7.45. The van der Waals surface area contributed by atoms with Gasteiger partial charge in [0.2, 0.25) is 0 Å². The molecule has 0 aliphatic carbocycles. The van der Waals surface area contributed by atoms with Crippen LogP contribution in [0.15, 0.2) is 44.8 Å². The first-order valence-corrected chi connectivity index (χ1v) is 9.09. The summed E-state index contributed by atoms with van der Waals surface area (Å²) in [5.41, 5.74) is 6.91. The zero-order valence-electron chi connectivity index (χ0n) is 10.3. The Balaban J connectivity index is 2.31. The number of thioether (sulfide) groups is 1. The Morgan fingerprint density at radius 2 is 2.11 bits per heavy atom. The van der Waals surface area contributed by atoms with Crippen molar-refractivity contribution in [2.45, 2.75) is 15.6 Å². The molecule has 102 valence electrons. The molecule has 0 atom stereocenters. The van der Waals surface area contributed by atoms with Crippen LogP contribution in [0, 0.1) is 0 Å². The maximum Gasteiger partial charge on any atom is 0.271 e. The summed E-state index contributed by atoms with van der Waals surface area (Å²) in [7, 11) is -3.54. The Hall–Kier alpha value is -1.02. The molecule has 19 heavy (non-hydrogen) atoms. The van der Waals surface area contributed by atoms with Gasteiger partial charge in [-0.05, 0) is 35.4 Å². The highest BCUT2D eigenvalue weighted by atomic mass is 32.2. The minimum absolute atomic E-state index is 0.281. The Kier molecular flexibility index (Phi) is 4.51. The number of anilines is 1. The molecule has 1 aromatic carbocycles. The molecule has 0 radical (unpaired) electrons. The maximum atomic E-state index is 12.2. The van der Waals surface area contributed by atoms with Crippen LogP contribution in [0.25, 0.3) is 0 Å². The van der Waals surface area contributed by atoms with Crippen LogP contribution < -0.4 is 10.5 Å². The SMILES string of the molecule is CSc1ccccc1NS(=O)(=O)c1cc(CN)cs1. The van der Waals surface area contributed by atoms with Crippen molar-refractivity contribution in [3.63, 3.8) is 0 Å². The van der Waals surface area contributed by atoms with Gasteiger partial charge in [-0.3, -0.25) is 4.72 Å². The highest BCUT2D eigenvalue weighted by Gasteiger charge is 2.17. The van der Waals surface area contributed by atoms with Crippen molar-refractivity contribution in [2.24, 2.45) is 5.73 Å². The molecule has 0 aliphatic heterocycles. The number of nitrogens with two attached hydrogens (primary N) is 1. The zero-order valence-corrected chi connectivity index (χ0v) is 12.7. The molecule has 3 N–H and O–H groups in total. The number of hydrogen-bond donors (Lipinski definition) is 2. The quantitative estimate of drug-likeness (QED) is 0.832. The molecule has 4 nitrogen and oxygen atoms in total. The third-order valence-corrected chi connectivity index (χ3v) is 6.13. The van der Waals surface area contributed by atoms with Crippen LogP contribution in [-0.4, -0.2) is 14.7 Å². The molecule has 1 heterocycles. The monoisotopic (exact) mass is 314 g/mol. The van der Waals surface area contributed by atoms with E-state index in [0.717, 1.165) is 10.5 Å². The Bertz CT molecular complexity index is 665. The number of para-hydroxylation sites is 1. The van der Waals surface area contributed by atoms with E-state index in [-0.39, 0.29) is 4.21 Å². The summed E-state index contributed by atoms with van der Waals surface area (Å²) >= 11 is 2.67. The van der Waals surface area contributed by atoms with Crippen LogP contribution in [0.1, 0.15) is 5.56 Å². The average Bonchev–Trinajstić information content (AvgIpc) is 2.88. The molecule has 2 rings (SSSR count). The normalized spacial score (nSPS) is 11.5. The van der Waals surface area contributed by atoms with E-state index in [1.54, 1.807) is 23.6 Å². The molecule has 0 saturated carbocycles. The average molecular weight is 314 g/mol. The van der Waals surface area contributed by atoms with E-state index in [9.17, 15) is 8.42 Å². The standard InChI is InChI=1S/C12H14N2O2S3/c1-17-11-5-3-2-4-10(11)14-19(15,16)12-6-9(7-13)8-18-12/h2-6,8,14H,7,13H2,1H3.